The van der Waals surface area contributed by atoms with Gasteiger partial charge >= 0.3 is 5.97 Å². The van der Waals surface area contributed by atoms with Crippen LogP contribution >= 0.6 is 0 Å². The Balaban J connectivity index is 2.03. The van der Waals surface area contributed by atoms with Gasteiger partial charge in [0.15, 0.2) is 0 Å². The topological polar surface area (TPSA) is 87.0 Å². The Bertz CT molecular complexity index is 1010. The summed E-state index contributed by atoms with van der Waals surface area (Å²) in [4.78, 5) is 11.4. The first-order valence-corrected chi connectivity index (χ1v) is 9.40. The maximum atomic E-state index is 11.4. The van der Waals surface area contributed by atoms with Crippen LogP contribution in [0.25, 0.3) is 11.1 Å². The number of carboxylic acid groups (broad SMARTS) is 1. The highest BCUT2D eigenvalue weighted by Gasteiger charge is 2.18. The van der Waals surface area contributed by atoms with E-state index in [-0.39, 0.29) is 11.3 Å². The van der Waals surface area contributed by atoms with E-state index in [0.717, 1.165) is 16.7 Å². The fraction of sp³-hybridized carbons (Fsp3) is 0.208. The van der Waals surface area contributed by atoms with Gasteiger partial charge in [-0.2, -0.15) is 0 Å². The van der Waals surface area contributed by atoms with Crippen LogP contribution in [0.15, 0.2) is 60.7 Å². The zero-order chi connectivity index (χ0) is 21.0. The van der Waals surface area contributed by atoms with Crippen LogP contribution in [-0.4, -0.2) is 27.4 Å². The third-order valence-corrected chi connectivity index (χ3v) is 4.82. The first kappa shape index (κ1) is 20.4. The van der Waals surface area contributed by atoms with Gasteiger partial charge in [0.2, 0.25) is 0 Å². The van der Waals surface area contributed by atoms with Crippen molar-refractivity contribution in [3.05, 3.63) is 82.9 Å². The highest BCUT2D eigenvalue weighted by Crippen LogP contribution is 2.37. The molecule has 5 heteroatoms. The average Bonchev–Trinajstić information content (AvgIpc) is 2.69. The Kier molecular flexibility index (Phi) is 6.20. The monoisotopic (exact) mass is 392 g/mol. The molecule has 0 aromatic heterocycles. The van der Waals surface area contributed by atoms with Gasteiger partial charge in [0.25, 0.3) is 0 Å². The van der Waals surface area contributed by atoms with Crippen LogP contribution in [0.5, 0.6) is 11.5 Å². The molecule has 3 aromatic carbocycles. The first-order valence-electron chi connectivity index (χ1n) is 9.40. The van der Waals surface area contributed by atoms with Gasteiger partial charge in [-0.1, -0.05) is 36.4 Å². The lowest BCUT2D eigenvalue weighted by Gasteiger charge is -2.19. The van der Waals surface area contributed by atoms with E-state index in [9.17, 15) is 20.1 Å². The van der Waals surface area contributed by atoms with Crippen molar-refractivity contribution in [3.63, 3.8) is 0 Å². The molecule has 0 saturated carbocycles. The quantitative estimate of drug-likeness (QED) is 0.548. The van der Waals surface area contributed by atoms with E-state index < -0.39 is 12.1 Å². The predicted octanol–water partition coefficient (Wildman–Crippen LogP) is 4.57. The molecule has 0 aliphatic heterocycles. The lowest BCUT2D eigenvalue weighted by molar-refractivity contribution is 0.0697. The van der Waals surface area contributed by atoms with Crippen LogP contribution in [0.2, 0.25) is 0 Å². The largest absolute Gasteiger partial charge is 0.507 e. The lowest BCUT2D eigenvalue weighted by Crippen LogP contribution is -2.09. The van der Waals surface area contributed by atoms with Crippen LogP contribution in [0, 0.1) is 6.92 Å². The molecule has 3 rings (SSSR count). The molecule has 5 nitrogen and oxygen atoms in total. The van der Waals surface area contributed by atoms with Crippen LogP contribution in [0.1, 0.15) is 34.0 Å². The number of carboxylic acids is 1. The fourth-order valence-electron chi connectivity index (χ4n) is 3.32. The van der Waals surface area contributed by atoms with E-state index in [1.54, 1.807) is 13.0 Å². The van der Waals surface area contributed by atoms with Crippen molar-refractivity contribution >= 4 is 5.97 Å². The molecule has 0 bridgehead atoms. The minimum atomic E-state index is -1.07. The summed E-state index contributed by atoms with van der Waals surface area (Å²) in [7, 11) is 0. The van der Waals surface area contributed by atoms with Gasteiger partial charge in [0.05, 0.1) is 11.7 Å². The number of phenols is 1. The third kappa shape index (κ3) is 4.76. The molecule has 0 radical (unpaired) electrons. The Labute approximate surface area is 169 Å². The SMILES string of the molecule is Cc1c(OCc2ccccc2)ccc(-c2cc(C(=O)O)ccc2O)c1CC(C)O. The number of aromatic carboxylic acids is 1. The molecule has 3 N–H and O–H groups in total. The van der Waals surface area contributed by atoms with E-state index in [0.29, 0.717) is 29.9 Å². The minimum absolute atomic E-state index is 0.0146. The molecule has 0 fully saturated rings. The highest BCUT2D eigenvalue weighted by atomic mass is 16.5. The van der Waals surface area contributed by atoms with E-state index in [1.807, 2.05) is 43.3 Å². The van der Waals surface area contributed by atoms with Gasteiger partial charge in [-0.3, -0.25) is 0 Å². The van der Waals surface area contributed by atoms with Crippen molar-refractivity contribution in [1.29, 1.82) is 0 Å². The molecule has 0 saturated heterocycles. The number of rotatable bonds is 7. The van der Waals surface area contributed by atoms with Crippen LogP contribution in [0.4, 0.5) is 0 Å². The number of ether oxygens (including phenoxy) is 1. The molecule has 0 aliphatic rings. The Morgan fingerprint density at radius 2 is 1.76 bits per heavy atom. The van der Waals surface area contributed by atoms with Gasteiger partial charge in [-0.25, -0.2) is 4.79 Å². The number of hydrogen-bond donors (Lipinski definition) is 3. The molecular formula is C24H24O5. The van der Waals surface area contributed by atoms with Gasteiger partial charge in [-0.15, -0.1) is 0 Å². The second-order valence-corrected chi connectivity index (χ2v) is 7.08. The molecule has 0 spiro atoms. The van der Waals surface area contributed by atoms with Gasteiger partial charge < -0.3 is 20.1 Å². The van der Waals surface area contributed by atoms with Crippen molar-refractivity contribution in [3.8, 4) is 22.6 Å². The molecule has 0 heterocycles. The van der Waals surface area contributed by atoms with Crippen molar-refractivity contribution < 1.29 is 24.9 Å². The average molecular weight is 392 g/mol. The summed E-state index contributed by atoms with van der Waals surface area (Å²) in [6.07, 6.45) is -0.262. The van der Waals surface area contributed by atoms with Crippen LogP contribution in [-0.2, 0) is 13.0 Å². The van der Waals surface area contributed by atoms with Gasteiger partial charge in [0, 0.05) is 5.56 Å². The van der Waals surface area contributed by atoms with Gasteiger partial charge in [-0.05, 0) is 66.8 Å². The van der Waals surface area contributed by atoms with Crippen molar-refractivity contribution in [2.75, 3.05) is 0 Å². The maximum Gasteiger partial charge on any atom is 0.335 e. The van der Waals surface area contributed by atoms with Crippen molar-refractivity contribution in [1.82, 2.24) is 0 Å². The number of benzene rings is 3. The molecule has 29 heavy (non-hydrogen) atoms. The third-order valence-electron chi connectivity index (χ3n) is 4.82. The molecular weight excluding hydrogens is 368 g/mol. The summed E-state index contributed by atoms with van der Waals surface area (Å²) in [5.74, 6) is -0.399. The number of carbonyl (C=O) groups is 1. The second kappa shape index (κ2) is 8.80. The summed E-state index contributed by atoms with van der Waals surface area (Å²) < 4.78 is 5.99. The van der Waals surface area contributed by atoms with E-state index in [4.69, 9.17) is 4.74 Å². The number of hydrogen-bond acceptors (Lipinski definition) is 4. The van der Waals surface area contributed by atoms with E-state index in [2.05, 4.69) is 0 Å². The molecule has 1 unspecified atom stereocenters. The van der Waals surface area contributed by atoms with Crippen molar-refractivity contribution in [2.24, 2.45) is 0 Å². The standard InChI is InChI=1S/C24H24O5/c1-15(25)12-20-16(2)23(29-14-17-6-4-3-5-7-17)11-9-19(20)21-13-18(24(27)28)8-10-22(21)26/h3-11,13,15,25-26H,12,14H2,1-2H3,(H,27,28). The Morgan fingerprint density at radius 3 is 2.41 bits per heavy atom. The second-order valence-electron chi connectivity index (χ2n) is 7.08. The molecule has 150 valence electrons. The molecule has 3 aromatic rings. The maximum absolute atomic E-state index is 11.4. The summed E-state index contributed by atoms with van der Waals surface area (Å²) >= 11 is 0. The predicted molar refractivity (Wildman–Crippen MR) is 111 cm³/mol. The zero-order valence-electron chi connectivity index (χ0n) is 16.4. The number of aromatic hydroxyl groups is 1. The van der Waals surface area contributed by atoms with E-state index in [1.165, 1.54) is 18.2 Å². The smallest absolute Gasteiger partial charge is 0.335 e. The Hall–Kier alpha value is -3.31. The van der Waals surface area contributed by atoms with E-state index >= 15 is 0 Å². The van der Waals surface area contributed by atoms with Crippen molar-refractivity contribution in [2.45, 2.75) is 33.0 Å². The summed E-state index contributed by atoms with van der Waals surface area (Å²) in [5, 5.41) is 29.7. The fourth-order valence-corrected chi connectivity index (χ4v) is 3.32. The molecule has 0 aliphatic carbocycles. The Morgan fingerprint density at radius 1 is 1.03 bits per heavy atom. The highest BCUT2D eigenvalue weighted by molar-refractivity contribution is 5.91. The van der Waals surface area contributed by atoms with Crippen LogP contribution < -0.4 is 4.74 Å². The minimum Gasteiger partial charge on any atom is -0.507 e. The number of phenolic OH excluding ortho intramolecular Hbond substituents is 1. The first-order chi connectivity index (χ1) is 13.9. The number of aliphatic hydroxyl groups is 1. The number of aliphatic hydroxyl groups excluding tert-OH is 1. The zero-order valence-corrected chi connectivity index (χ0v) is 16.4. The summed E-state index contributed by atoms with van der Waals surface area (Å²) in [5.41, 5.74) is 3.87. The summed E-state index contributed by atoms with van der Waals surface area (Å²) in [6.45, 7) is 4.00. The lowest BCUT2D eigenvalue weighted by atomic mass is 9.90. The summed E-state index contributed by atoms with van der Waals surface area (Å²) in [6, 6.07) is 17.6. The molecule has 0 amide bonds. The molecule has 1 atom stereocenters. The van der Waals surface area contributed by atoms with Crippen LogP contribution in [0.3, 0.4) is 0 Å². The normalized spacial score (nSPS) is 11.8. The van der Waals surface area contributed by atoms with Gasteiger partial charge in [0.1, 0.15) is 18.1 Å².